The minimum absolute atomic E-state index is 0.202. The molecule has 0 aliphatic heterocycles. The molecule has 1 aromatic carbocycles. The Morgan fingerprint density at radius 1 is 1.30 bits per heavy atom. The van der Waals surface area contributed by atoms with Gasteiger partial charge in [-0.2, -0.15) is 0 Å². The Labute approximate surface area is 116 Å². The van der Waals surface area contributed by atoms with Crippen LogP contribution in [0, 0.1) is 5.92 Å². The Bertz CT molecular complexity index is 704. The average molecular weight is 272 g/mol. The molecule has 1 aromatic heterocycles. The van der Waals surface area contributed by atoms with Gasteiger partial charge in [-0.15, -0.1) is 0 Å². The van der Waals surface area contributed by atoms with E-state index < -0.39 is 0 Å². The second-order valence-corrected chi connectivity index (χ2v) is 5.23. The molecule has 5 heteroatoms. The summed E-state index contributed by atoms with van der Waals surface area (Å²) in [6.45, 7) is 2.02. The third kappa shape index (κ3) is 2.82. The molecule has 2 N–H and O–H groups in total. The Balaban J connectivity index is 1.71. The number of amides is 2. The van der Waals surface area contributed by atoms with Crippen LogP contribution < -0.4 is 16.3 Å². The molecular formula is C15H16N2O3. The molecule has 0 bridgehead atoms. The van der Waals surface area contributed by atoms with Gasteiger partial charge in [0.1, 0.15) is 5.58 Å². The van der Waals surface area contributed by atoms with Crippen molar-refractivity contribution < 1.29 is 9.21 Å². The van der Waals surface area contributed by atoms with Crippen molar-refractivity contribution in [2.45, 2.75) is 25.8 Å². The normalized spacial score (nSPS) is 15.8. The monoisotopic (exact) mass is 272 g/mol. The van der Waals surface area contributed by atoms with Crippen LogP contribution >= 0.6 is 0 Å². The highest BCUT2D eigenvalue weighted by molar-refractivity contribution is 5.92. The lowest BCUT2D eigenvalue weighted by molar-refractivity contribution is 0.248. The molecule has 1 heterocycles. The van der Waals surface area contributed by atoms with Crippen molar-refractivity contribution in [3.05, 3.63) is 40.8 Å². The quantitative estimate of drug-likeness (QED) is 0.844. The SMILES string of the molecule is C[C@H](NC(=O)Nc1ccc2oc(=O)ccc2c1)C1CC1. The molecule has 0 unspecified atom stereocenters. The van der Waals surface area contributed by atoms with E-state index in [2.05, 4.69) is 10.6 Å². The second kappa shape index (κ2) is 5.00. The summed E-state index contributed by atoms with van der Waals surface area (Å²) in [6, 6.07) is 8.20. The fraction of sp³-hybridized carbons (Fsp3) is 0.333. The van der Waals surface area contributed by atoms with Crippen LogP contribution in [-0.4, -0.2) is 12.1 Å². The molecule has 104 valence electrons. The topological polar surface area (TPSA) is 71.3 Å². The zero-order chi connectivity index (χ0) is 14.1. The molecule has 1 aliphatic rings. The van der Waals surface area contributed by atoms with E-state index in [0.717, 1.165) is 5.39 Å². The first-order valence-electron chi connectivity index (χ1n) is 6.73. The van der Waals surface area contributed by atoms with Crippen molar-refractivity contribution in [3.63, 3.8) is 0 Å². The number of rotatable bonds is 3. The molecule has 0 radical (unpaired) electrons. The van der Waals surface area contributed by atoms with Crippen molar-refractivity contribution in [1.29, 1.82) is 0 Å². The third-order valence-electron chi connectivity index (χ3n) is 3.57. The van der Waals surface area contributed by atoms with Gasteiger partial charge >= 0.3 is 11.7 Å². The van der Waals surface area contributed by atoms with Crippen LogP contribution in [0.2, 0.25) is 0 Å². The lowest BCUT2D eigenvalue weighted by atomic mass is 10.2. The molecular weight excluding hydrogens is 256 g/mol. The summed E-state index contributed by atoms with van der Waals surface area (Å²) in [6.07, 6.45) is 2.38. The zero-order valence-electron chi connectivity index (χ0n) is 11.2. The first-order valence-corrected chi connectivity index (χ1v) is 6.73. The van der Waals surface area contributed by atoms with Gasteiger partial charge in [-0.05, 0) is 49.9 Å². The van der Waals surface area contributed by atoms with Crippen molar-refractivity contribution >= 4 is 22.7 Å². The van der Waals surface area contributed by atoms with Crippen molar-refractivity contribution in [3.8, 4) is 0 Å². The van der Waals surface area contributed by atoms with E-state index in [1.807, 2.05) is 6.92 Å². The maximum atomic E-state index is 11.8. The number of benzene rings is 1. The van der Waals surface area contributed by atoms with Crippen molar-refractivity contribution in [2.75, 3.05) is 5.32 Å². The number of nitrogens with one attached hydrogen (secondary N) is 2. The van der Waals surface area contributed by atoms with Gasteiger partial charge in [0.15, 0.2) is 0 Å². The van der Waals surface area contributed by atoms with E-state index in [-0.39, 0.29) is 17.7 Å². The summed E-state index contributed by atoms with van der Waals surface area (Å²) in [7, 11) is 0. The molecule has 5 nitrogen and oxygen atoms in total. The smallest absolute Gasteiger partial charge is 0.336 e. The van der Waals surface area contributed by atoms with Crippen LogP contribution in [0.4, 0.5) is 10.5 Å². The Kier molecular flexibility index (Phi) is 3.18. The summed E-state index contributed by atoms with van der Waals surface area (Å²) in [5.74, 6) is 0.617. The van der Waals surface area contributed by atoms with Gasteiger partial charge in [0.2, 0.25) is 0 Å². The van der Waals surface area contributed by atoms with E-state index in [9.17, 15) is 9.59 Å². The fourth-order valence-corrected chi connectivity index (χ4v) is 2.24. The number of carbonyl (C=O) groups is 1. The maximum absolute atomic E-state index is 11.8. The van der Waals surface area contributed by atoms with Crippen LogP contribution in [-0.2, 0) is 0 Å². The summed E-state index contributed by atoms with van der Waals surface area (Å²) in [5.41, 5.74) is 0.802. The van der Waals surface area contributed by atoms with Gasteiger partial charge < -0.3 is 15.1 Å². The molecule has 1 atom stereocenters. The highest BCUT2D eigenvalue weighted by atomic mass is 16.4. The lowest BCUT2D eigenvalue weighted by Crippen LogP contribution is -2.37. The largest absolute Gasteiger partial charge is 0.423 e. The van der Waals surface area contributed by atoms with E-state index >= 15 is 0 Å². The van der Waals surface area contributed by atoms with Crippen molar-refractivity contribution in [1.82, 2.24) is 5.32 Å². The summed E-state index contributed by atoms with van der Waals surface area (Å²) >= 11 is 0. The van der Waals surface area contributed by atoms with Gasteiger partial charge in [-0.25, -0.2) is 9.59 Å². The van der Waals surface area contributed by atoms with Crippen LogP contribution in [0.25, 0.3) is 11.0 Å². The van der Waals surface area contributed by atoms with Crippen molar-refractivity contribution in [2.24, 2.45) is 5.92 Å². The minimum Gasteiger partial charge on any atom is -0.423 e. The number of carbonyl (C=O) groups excluding carboxylic acids is 1. The van der Waals surface area contributed by atoms with E-state index in [1.165, 1.54) is 18.9 Å². The highest BCUT2D eigenvalue weighted by Gasteiger charge is 2.28. The Hall–Kier alpha value is -2.30. The number of hydrogen-bond acceptors (Lipinski definition) is 3. The molecule has 0 saturated heterocycles. The molecule has 1 fully saturated rings. The minimum atomic E-state index is -0.380. The Morgan fingerprint density at radius 3 is 2.85 bits per heavy atom. The van der Waals surface area contributed by atoms with Gasteiger partial charge in [0.25, 0.3) is 0 Å². The van der Waals surface area contributed by atoms with Gasteiger partial charge in [-0.1, -0.05) is 0 Å². The summed E-state index contributed by atoms with van der Waals surface area (Å²) < 4.78 is 5.04. The molecule has 2 amide bonds. The third-order valence-corrected chi connectivity index (χ3v) is 3.57. The maximum Gasteiger partial charge on any atom is 0.336 e. The molecule has 1 saturated carbocycles. The van der Waals surface area contributed by atoms with Crippen LogP contribution in [0.3, 0.4) is 0 Å². The van der Waals surface area contributed by atoms with Crippen LogP contribution in [0.5, 0.6) is 0 Å². The van der Waals surface area contributed by atoms with E-state index in [4.69, 9.17) is 4.42 Å². The van der Waals surface area contributed by atoms with Gasteiger partial charge in [0.05, 0.1) is 0 Å². The number of fused-ring (bicyclic) bond motifs is 1. The first-order chi connectivity index (χ1) is 9.61. The van der Waals surface area contributed by atoms with Gasteiger partial charge in [0, 0.05) is 23.2 Å². The standard InChI is InChI=1S/C15H16N2O3/c1-9(10-2-3-10)16-15(19)17-12-5-6-13-11(8-12)4-7-14(18)20-13/h4-10H,2-3H2,1H3,(H2,16,17,19)/t9-/m0/s1. The number of hydrogen-bond donors (Lipinski definition) is 2. The van der Waals surface area contributed by atoms with Gasteiger partial charge in [-0.3, -0.25) is 0 Å². The van der Waals surface area contributed by atoms with Crippen LogP contribution in [0.1, 0.15) is 19.8 Å². The first kappa shape index (κ1) is 12.7. The molecule has 20 heavy (non-hydrogen) atoms. The average Bonchev–Trinajstić information content (AvgIpc) is 3.23. The van der Waals surface area contributed by atoms with E-state index in [0.29, 0.717) is 17.2 Å². The highest BCUT2D eigenvalue weighted by Crippen LogP contribution is 2.32. The molecule has 2 aromatic rings. The lowest BCUT2D eigenvalue weighted by Gasteiger charge is -2.13. The number of anilines is 1. The second-order valence-electron chi connectivity index (χ2n) is 5.23. The molecule has 3 rings (SSSR count). The number of urea groups is 1. The fourth-order valence-electron chi connectivity index (χ4n) is 2.24. The summed E-state index contributed by atoms with van der Waals surface area (Å²) in [4.78, 5) is 22.9. The Morgan fingerprint density at radius 2 is 2.10 bits per heavy atom. The predicted molar refractivity (Wildman–Crippen MR) is 76.8 cm³/mol. The zero-order valence-corrected chi connectivity index (χ0v) is 11.2. The molecule has 1 aliphatic carbocycles. The predicted octanol–water partition coefficient (Wildman–Crippen LogP) is 2.71. The molecule has 0 spiro atoms. The van der Waals surface area contributed by atoms with E-state index in [1.54, 1.807) is 24.3 Å². The van der Waals surface area contributed by atoms with Crippen LogP contribution in [0.15, 0.2) is 39.5 Å². The summed E-state index contributed by atoms with van der Waals surface area (Å²) in [5, 5.41) is 6.49.